The van der Waals surface area contributed by atoms with Crippen molar-refractivity contribution in [2.24, 2.45) is 5.16 Å². The van der Waals surface area contributed by atoms with Crippen LogP contribution in [0, 0.1) is 5.82 Å². The van der Waals surface area contributed by atoms with Crippen molar-refractivity contribution < 1.29 is 14.0 Å². The Hall–Kier alpha value is -1.93. The van der Waals surface area contributed by atoms with E-state index in [2.05, 4.69) is 15.5 Å². The SMILES string of the molecule is CSc1nc(C(=O)NCC2CC(Cc3cccc(F)c3)=NO2)cs1. The molecule has 0 spiro atoms. The van der Waals surface area contributed by atoms with Crippen LogP contribution in [0.5, 0.6) is 0 Å². The number of hydrogen-bond acceptors (Lipinski definition) is 6. The second-order valence-corrected chi connectivity index (χ2v) is 7.22. The van der Waals surface area contributed by atoms with Crippen LogP contribution in [-0.2, 0) is 11.3 Å². The summed E-state index contributed by atoms with van der Waals surface area (Å²) in [6.45, 7) is 0.362. The first-order valence-electron chi connectivity index (χ1n) is 7.38. The van der Waals surface area contributed by atoms with Crippen molar-refractivity contribution in [1.82, 2.24) is 10.3 Å². The fraction of sp³-hybridized carbons (Fsp3) is 0.312. The van der Waals surface area contributed by atoms with Crippen molar-refractivity contribution in [2.45, 2.75) is 23.3 Å². The second kappa shape index (κ2) is 7.76. The van der Waals surface area contributed by atoms with Gasteiger partial charge in [0.25, 0.3) is 5.91 Å². The van der Waals surface area contributed by atoms with Crippen molar-refractivity contribution in [3.05, 3.63) is 46.7 Å². The van der Waals surface area contributed by atoms with Gasteiger partial charge in [-0.25, -0.2) is 9.37 Å². The number of aromatic nitrogens is 1. The monoisotopic (exact) mass is 365 g/mol. The molecule has 0 aliphatic carbocycles. The zero-order valence-corrected chi connectivity index (χ0v) is 14.6. The summed E-state index contributed by atoms with van der Waals surface area (Å²) in [4.78, 5) is 21.6. The van der Waals surface area contributed by atoms with Gasteiger partial charge in [-0.05, 0) is 24.0 Å². The van der Waals surface area contributed by atoms with Crippen LogP contribution in [0.2, 0.25) is 0 Å². The molecule has 2 heterocycles. The van der Waals surface area contributed by atoms with Crippen LogP contribution in [0.1, 0.15) is 22.5 Å². The number of nitrogens with one attached hydrogen (secondary N) is 1. The van der Waals surface area contributed by atoms with Crippen LogP contribution in [0.4, 0.5) is 4.39 Å². The summed E-state index contributed by atoms with van der Waals surface area (Å²) in [5, 5.41) is 8.58. The lowest BCUT2D eigenvalue weighted by Gasteiger charge is -2.08. The standard InChI is InChI=1S/C16H16FN3O2S2/c1-23-16-19-14(9-24-16)15(21)18-8-13-7-12(20-22-13)6-10-3-2-4-11(17)5-10/h2-5,9,13H,6-8H2,1H3,(H,18,21). The number of oxime groups is 1. The second-order valence-electron chi connectivity index (χ2n) is 5.31. The number of hydrogen-bond donors (Lipinski definition) is 1. The van der Waals surface area contributed by atoms with Crippen molar-refractivity contribution in [1.29, 1.82) is 0 Å². The maximum Gasteiger partial charge on any atom is 0.270 e. The van der Waals surface area contributed by atoms with E-state index in [1.807, 2.05) is 12.3 Å². The first-order chi connectivity index (χ1) is 11.6. The van der Waals surface area contributed by atoms with E-state index in [1.165, 1.54) is 35.2 Å². The fourth-order valence-electron chi connectivity index (χ4n) is 2.34. The molecule has 126 valence electrons. The molecule has 2 aromatic rings. The summed E-state index contributed by atoms with van der Waals surface area (Å²) in [6.07, 6.45) is 2.88. The zero-order valence-electron chi connectivity index (χ0n) is 13.0. The molecule has 8 heteroatoms. The minimum atomic E-state index is -0.260. The highest BCUT2D eigenvalue weighted by molar-refractivity contribution is 8.00. The topological polar surface area (TPSA) is 63.6 Å². The number of benzene rings is 1. The van der Waals surface area contributed by atoms with Gasteiger partial charge in [0.2, 0.25) is 0 Å². The normalized spacial score (nSPS) is 16.6. The van der Waals surface area contributed by atoms with E-state index in [0.29, 0.717) is 25.1 Å². The van der Waals surface area contributed by atoms with Gasteiger partial charge in [0, 0.05) is 18.2 Å². The maximum absolute atomic E-state index is 13.2. The minimum Gasteiger partial charge on any atom is -0.390 e. The molecule has 1 atom stereocenters. The molecular formula is C16H16FN3O2S2. The predicted octanol–water partition coefficient (Wildman–Crippen LogP) is 3.12. The van der Waals surface area contributed by atoms with Gasteiger partial charge in [-0.2, -0.15) is 0 Å². The molecule has 0 bridgehead atoms. The molecule has 1 amide bonds. The first kappa shape index (κ1) is 16.9. The number of rotatable bonds is 6. The lowest BCUT2D eigenvalue weighted by atomic mass is 10.0. The van der Waals surface area contributed by atoms with Gasteiger partial charge in [0.05, 0.1) is 12.3 Å². The van der Waals surface area contributed by atoms with Crippen LogP contribution in [0.25, 0.3) is 0 Å². The molecule has 0 radical (unpaired) electrons. The van der Waals surface area contributed by atoms with Gasteiger partial charge in [0.15, 0.2) is 0 Å². The fourth-order valence-corrected chi connectivity index (χ4v) is 3.58. The molecule has 1 aliphatic heterocycles. The number of thioether (sulfide) groups is 1. The molecule has 3 rings (SSSR count). The molecule has 0 fully saturated rings. The molecule has 0 saturated carbocycles. The van der Waals surface area contributed by atoms with Crippen molar-refractivity contribution in [3.63, 3.8) is 0 Å². The summed E-state index contributed by atoms with van der Waals surface area (Å²) in [7, 11) is 0. The van der Waals surface area contributed by atoms with Crippen LogP contribution in [0.3, 0.4) is 0 Å². The number of carbonyl (C=O) groups is 1. The molecule has 5 nitrogen and oxygen atoms in total. The molecular weight excluding hydrogens is 349 g/mol. The molecule has 1 N–H and O–H groups in total. The average Bonchev–Trinajstić information content (AvgIpc) is 3.22. The van der Waals surface area contributed by atoms with E-state index in [9.17, 15) is 9.18 Å². The Morgan fingerprint density at radius 3 is 3.17 bits per heavy atom. The largest absolute Gasteiger partial charge is 0.390 e. The lowest BCUT2D eigenvalue weighted by molar-refractivity contribution is 0.0751. The van der Waals surface area contributed by atoms with E-state index in [1.54, 1.807) is 11.4 Å². The Kier molecular flexibility index (Phi) is 5.47. The Morgan fingerprint density at radius 2 is 2.42 bits per heavy atom. The first-order valence-corrected chi connectivity index (χ1v) is 9.48. The van der Waals surface area contributed by atoms with Crippen LogP contribution in [-0.4, -0.2) is 35.5 Å². The maximum atomic E-state index is 13.2. The molecule has 1 aliphatic rings. The van der Waals surface area contributed by atoms with Crippen LogP contribution < -0.4 is 5.32 Å². The van der Waals surface area contributed by atoms with Crippen molar-refractivity contribution in [2.75, 3.05) is 12.8 Å². The highest BCUT2D eigenvalue weighted by atomic mass is 32.2. The molecule has 1 unspecified atom stereocenters. The van der Waals surface area contributed by atoms with Gasteiger partial charge in [-0.3, -0.25) is 4.79 Å². The average molecular weight is 365 g/mol. The van der Waals surface area contributed by atoms with Crippen LogP contribution in [0.15, 0.2) is 39.1 Å². The zero-order chi connectivity index (χ0) is 16.9. The molecule has 24 heavy (non-hydrogen) atoms. The van der Waals surface area contributed by atoms with E-state index < -0.39 is 0 Å². The van der Waals surface area contributed by atoms with Gasteiger partial charge in [0.1, 0.15) is 22.0 Å². The number of amides is 1. The Bertz CT molecular complexity index is 763. The van der Waals surface area contributed by atoms with Gasteiger partial charge >= 0.3 is 0 Å². The summed E-state index contributed by atoms with van der Waals surface area (Å²) in [5.41, 5.74) is 2.12. The van der Waals surface area contributed by atoms with E-state index >= 15 is 0 Å². The number of thiazole rings is 1. The molecule has 1 aromatic carbocycles. The van der Waals surface area contributed by atoms with E-state index in [4.69, 9.17) is 4.84 Å². The Labute approximate surface area is 147 Å². The highest BCUT2D eigenvalue weighted by Gasteiger charge is 2.22. The number of halogens is 1. The smallest absolute Gasteiger partial charge is 0.270 e. The van der Waals surface area contributed by atoms with Gasteiger partial charge in [-0.15, -0.1) is 11.3 Å². The van der Waals surface area contributed by atoms with Gasteiger partial charge in [-0.1, -0.05) is 29.1 Å². The lowest BCUT2D eigenvalue weighted by Crippen LogP contribution is -2.32. The minimum absolute atomic E-state index is 0.198. The number of nitrogens with zero attached hydrogens (tertiary/aromatic N) is 2. The summed E-state index contributed by atoms with van der Waals surface area (Å²) < 4.78 is 14.1. The summed E-state index contributed by atoms with van der Waals surface area (Å²) >= 11 is 2.96. The van der Waals surface area contributed by atoms with E-state index in [0.717, 1.165) is 15.6 Å². The quantitative estimate of drug-likeness (QED) is 0.799. The highest BCUT2D eigenvalue weighted by Crippen LogP contribution is 2.20. The van der Waals surface area contributed by atoms with Gasteiger partial charge < -0.3 is 10.2 Å². The Morgan fingerprint density at radius 1 is 1.54 bits per heavy atom. The summed E-state index contributed by atoms with van der Waals surface area (Å²) in [5.74, 6) is -0.475. The number of carbonyl (C=O) groups excluding carboxylic acids is 1. The predicted molar refractivity (Wildman–Crippen MR) is 93.3 cm³/mol. The third kappa shape index (κ3) is 4.33. The van der Waals surface area contributed by atoms with Crippen molar-refractivity contribution in [3.8, 4) is 0 Å². The van der Waals surface area contributed by atoms with Crippen LogP contribution >= 0.6 is 23.1 Å². The Balaban J connectivity index is 1.46. The van der Waals surface area contributed by atoms with Crippen molar-refractivity contribution >= 4 is 34.7 Å². The molecule has 1 aromatic heterocycles. The third-order valence-electron chi connectivity index (χ3n) is 3.47. The third-order valence-corrected chi connectivity index (χ3v) is 5.34. The van der Waals surface area contributed by atoms with E-state index in [-0.39, 0.29) is 17.8 Å². The summed E-state index contributed by atoms with van der Waals surface area (Å²) in [6, 6.07) is 6.43. The molecule has 0 saturated heterocycles.